The molecule has 1 atom stereocenters. The highest BCUT2D eigenvalue weighted by Crippen LogP contribution is 2.31. The fourth-order valence-corrected chi connectivity index (χ4v) is 5.39. The molecule has 0 spiro atoms. The van der Waals surface area contributed by atoms with E-state index in [1.165, 1.54) is 56.0 Å². The molecule has 3 aromatic rings. The summed E-state index contributed by atoms with van der Waals surface area (Å²) in [5, 5.41) is 23.9. The third-order valence-corrected chi connectivity index (χ3v) is 7.21. The van der Waals surface area contributed by atoms with Gasteiger partial charge in [-0.1, -0.05) is 54.5 Å². The number of nitrogens with one attached hydrogen (secondary N) is 2. The smallest absolute Gasteiger partial charge is 0.305 e. The van der Waals surface area contributed by atoms with Crippen molar-refractivity contribution in [3.8, 4) is 5.75 Å². The van der Waals surface area contributed by atoms with Crippen molar-refractivity contribution in [3.05, 3.63) is 62.8 Å². The third-order valence-electron chi connectivity index (χ3n) is 6.28. The quantitative estimate of drug-likeness (QED) is 0.309. The van der Waals surface area contributed by atoms with Gasteiger partial charge in [0.15, 0.2) is 0 Å². The van der Waals surface area contributed by atoms with Crippen molar-refractivity contribution in [1.29, 1.82) is 0 Å². The first-order valence-electron chi connectivity index (χ1n) is 11.6. The zero-order chi connectivity index (χ0) is 22.3. The van der Waals surface area contributed by atoms with Crippen LogP contribution in [0.5, 0.6) is 5.75 Å². The molecule has 0 bridgehead atoms. The van der Waals surface area contributed by atoms with Gasteiger partial charge in [-0.15, -0.1) is 24.8 Å². The van der Waals surface area contributed by atoms with Gasteiger partial charge in [-0.05, 0) is 62.5 Å². The lowest BCUT2D eigenvalue weighted by Crippen LogP contribution is -2.27. The first-order chi connectivity index (χ1) is 15.6. The number of phenols is 1. The van der Waals surface area contributed by atoms with Crippen molar-refractivity contribution in [3.63, 3.8) is 0 Å². The van der Waals surface area contributed by atoms with Gasteiger partial charge in [0, 0.05) is 18.7 Å². The van der Waals surface area contributed by atoms with Gasteiger partial charge in [-0.2, -0.15) is 0 Å². The largest absolute Gasteiger partial charge is 0.506 e. The van der Waals surface area contributed by atoms with Crippen molar-refractivity contribution in [2.45, 2.75) is 44.6 Å². The van der Waals surface area contributed by atoms with Crippen LogP contribution in [0.1, 0.15) is 48.5 Å². The molecule has 0 amide bonds. The highest BCUT2D eigenvalue weighted by atomic mass is 35.5. The van der Waals surface area contributed by atoms with Gasteiger partial charge in [0.1, 0.15) is 11.3 Å². The topological polar surface area (TPSA) is 88.6 Å². The lowest BCUT2D eigenvalue weighted by atomic mass is 10.1. The average Bonchev–Trinajstić information content (AvgIpc) is 3.01. The molecule has 1 aliphatic heterocycles. The van der Waals surface area contributed by atoms with Crippen LogP contribution in [0.2, 0.25) is 0 Å². The first kappa shape index (κ1) is 28.6. The maximum absolute atomic E-state index is 11.7. The molecule has 1 saturated heterocycles. The molecule has 1 aromatic heterocycles. The Morgan fingerprint density at radius 2 is 1.74 bits per heavy atom. The Labute approximate surface area is 217 Å². The number of likely N-dealkylation sites (tertiary alicyclic amines) is 1. The van der Waals surface area contributed by atoms with Crippen molar-refractivity contribution in [1.82, 2.24) is 15.2 Å². The average molecular weight is 529 g/mol. The van der Waals surface area contributed by atoms with E-state index >= 15 is 0 Å². The zero-order valence-electron chi connectivity index (χ0n) is 19.3. The molecule has 34 heavy (non-hydrogen) atoms. The summed E-state index contributed by atoms with van der Waals surface area (Å²) >= 11 is 1.01. The van der Waals surface area contributed by atoms with E-state index in [0.717, 1.165) is 37.3 Å². The Morgan fingerprint density at radius 1 is 1.03 bits per heavy atom. The fraction of sp³-hybridized carbons (Fsp3) is 0.480. The van der Waals surface area contributed by atoms with Crippen molar-refractivity contribution < 1.29 is 10.2 Å². The molecule has 188 valence electrons. The number of phenolic OH excluding ortho intramolecular Hbond substituents is 1. The predicted molar refractivity (Wildman–Crippen MR) is 145 cm³/mol. The highest BCUT2D eigenvalue weighted by molar-refractivity contribution is 7.16. The van der Waals surface area contributed by atoms with Crippen molar-refractivity contribution in [2.75, 3.05) is 32.7 Å². The van der Waals surface area contributed by atoms with E-state index in [0.29, 0.717) is 22.3 Å². The molecule has 4 N–H and O–H groups in total. The number of hydrogen-bond acceptors (Lipinski definition) is 6. The number of H-pyrrole nitrogens is 1. The van der Waals surface area contributed by atoms with E-state index in [-0.39, 0.29) is 35.4 Å². The number of aliphatic hydroxyl groups is 1. The summed E-state index contributed by atoms with van der Waals surface area (Å²) in [5.74, 6) is 0.0259. The number of rotatable bonds is 9. The van der Waals surface area contributed by atoms with Crippen LogP contribution in [0.4, 0.5) is 0 Å². The lowest BCUT2D eigenvalue weighted by Gasteiger charge is -2.19. The molecule has 0 radical (unpaired) electrons. The zero-order valence-corrected chi connectivity index (χ0v) is 21.7. The van der Waals surface area contributed by atoms with Crippen LogP contribution >= 0.6 is 36.2 Å². The summed E-state index contributed by atoms with van der Waals surface area (Å²) in [7, 11) is 0. The molecule has 1 aliphatic rings. The minimum absolute atomic E-state index is 0. The minimum Gasteiger partial charge on any atom is -0.506 e. The maximum Gasteiger partial charge on any atom is 0.305 e. The summed E-state index contributed by atoms with van der Waals surface area (Å²) in [6.07, 6.45) is 6.65. The molecule has 0 aliphatic carbocycles. The Kier molecular flexibility index (Phi) is 11.8. The van der Waals surface area contributed by atoms with Crippen LogP contribution in [0.3, 0.4) is 0 Å². The number of aromatic nitrogens is 1. The number of aliphatic hydroxyl groups excluding tert-OH is 1. The van der Waals surface area contributed by atoms with Crippen molar-refractivity contribution in [2.24, 2.45) is 0 Å². The molecule has 1 fully saturated rings. The number of thiazole rings is 1. The van der Waals surface area contributed by atoms with Crippen LogP contribution in [0.15, 0.2) is 41.2 Å². The van der Waals surface area contributed by atoms with Gasteiger partial charge >= 0.3 is 4.87 Å². The Bertz CT molecular complexity index is 1080. The van der Waals surface area contributed by atoms with Crippen LogP contribution < -0.4 is 10.2 Å². The number of benzene rings is 2. The summed E-state index contributed by atoms with van der Waals surface area (Å²) in [4.78, 5) is 16.7. The third kappa shape index (κ3) is 7.70. The number of fused-ring (bicyclic) bond motifs is 1. The number of halogens is 2. The van der Waals surface area contributed by atoms with E-state index < -0.39 is 6.10 Å². The lowest BCUT2D eigenvalue weighted by molar-refractivity contribution is 0.176. The van der Waals surface area contributed by atoms with E-state index in [2.05, 4.69) is 39.5 Å². The normalized spacial score (nSPS) is 15.3. The van der Waals surface area contributed by atoms with E-state index in [1.54, 1.807) is 6.07 Å². The van der Waals surface area contributed by atoms with Gasteiger partial charge in [0.2, 0.25) is 0 Å². The SMILES string of the molecule is Cl.Cl.O=c1[nH]c2c(O)ccc([C@@H](O)CNCCc3cccc(CCN4CCCCCC4)c3)c2s1. The van der Waals surface area contributed by atoms with E-state index in [4.69, 9.17) is 0 Å². The summed E-state index contributed by atoms with van der Waals surface area (Å²) in [5.41, 5.74) is 3.74. The predicted octanol–water partition coefficient (Wildman–Crippen LogP) is 4.42. The van der Waals surface area contributed by atoms with Crippen LogP contribution in [-0.4, -0.2) is 52.8 Å². The van der Waals surface area contributed by atoms with Gasteiger partial charge in [0.05, 0.1) is 10.8 Å². The number of hydrogen-bond donors (Lipinski definition) is 4. The van der Waals surface area contributed by atoms with Gasteiger partial charge in [-0.3, -0.25) is 4.79 Å². The summed E-state index contributed by atoms with van der Waals surface area (Å²) < 4.78 is 0.612. The fourth-order valence-electron chi connectivity index (χ4n) is 4.47. The van der Waals surface area contributed by atoms with E-state index in [9.17, 15) is 15.0 Å². The number of aromatic amines is 1. The molecule has 2 aromatic carbocycles. The second kappa shape index (κ2) is 14.1. The second-order valence-corrected chi connectivity index (χ2v) is 9.67. The molecule has 9 heteroatoms. The molecule has 2 heterocycles. The van der Waals surface area contributed by atoms with Crippen LogP contribution in [-0.2, 0) is 12.8 Å². The highest BCUT2D eigenvalue weighted by Gasteiger charge is 2.16. The monoisotopic (exact) mass is 527 g/mol. The van der Waals surface area contributed by atoms with Crippen LogP contribution in [0.25, 0.3) is 10.2 Å². The molecular weight excluding hydrogens is 493 g/mol. The van der Waals surface area contributed by atoms with Crippen molar-refractivity contribution >= 4 is 46.4 Å². The summed E-state index contributed by atoms with van der Waals surface area (Å²) in [6.45, 7) is 4.76. The Hall–Kier alpha value is -1.61. The first-order valence-corrected chi connectivity index (χ1v) is 12.5. The van der Waals surface area contributed by atoms with Gasteiger partial charge < -0.3 is 25.4 Å². The minimum atomic E-state index is -0.746. The Morgan fingerprint density at radius 3 is 2.47 bits per heavy atom. The number of nitrogens with zero attached hydrogens (tertiary/aromatic N) is 1. The number of aromatic hydroxyl groups is 1. The molecule has 6 nitrogen and oxygen atoms in total. The molecule has 0 unspecified atom stereocenters. The molecule has 4 rings (SSSR count). The molecule has 0 saturated carbocycles. The second-order valence-electron chi connectivity index (χ2n) is 8.69. The van der Waals surface area contributed by atoms with Crippen LogP contribution in [0, 0.1) is 0 Å². The molecular formula is C25H35Cl2N3O3S. The Balaban J connectivity index is 0.00000204. The van der Waals surface area contributed by atoms with Gasteiger partial charge in [0.25, 0.3) is 0 Å². The van der Waals surface area contributed by atoms with E-state index in [1.807, 2.05) is 0 Å². The maximum atomic E-state index is 11.7. The summed E-state index contributed by atoms with van der Waals surface area (Å²) in [6, 6.07) is 12.0. The van der Waals surface area contributed by atoms with Gasteiger partial charge in [-0.25, -0.2) is 0 Å². The standard InChI is InChI=1S/C25H33N3O3S.2ClH/c29-21-9-8-20(24-23(21)27-25(31)32-24)22(30)17-26-12-10-18-6-5-7-19(16-18)11-15-28-13-3-1-2-4-14-28;;/h5-9,16,22,26,29-30H,1-4,10-15,17H2,(H,27,31);2*1H/t22-;;/m0../s1.